The van der Waals surface area contributed by atoms with E-state index < -0.39 is 0 Å². The molecular weight excluding hydrogens is 360 g/mol. The van der Waals surface area contributed by atoms with Gasteiger partial charge in [0, 0.05) is 5.56 Å². The molecule has 0 bridgehead atoms. The van der Waals surface area contributed by atoms with Crippen molar-refractivity contribution >= 4 is 39.3 Å². The molecule has 4 aromatic carbocycles. The van der Waals surface area contributed by atoms with Gasteiger partial charge in [-0.3, -0.25) is 0 Å². The fraction of sp³-hybridized carbons (Fsp3) is 0.0385. The van der Waals surface area contributed by atoms with Crippen LogP contribution < -0.4 is 4.74 Å². The van der Waals surface area contributed by atoms with Gasteiger partial charge in [0.15, 0.2) is 0 Å². The van der Waals surface area contributed by atoms with Gasteiger partial charge in [0.25, 0.3) is 0 Å². The zero-order valence-electron chi connectivity index (χ0n) is 15.9. The van der Waals surface area contributed by atoms with E-state index in [1.165, 1.54) is 0 Å². The molecule has 1 aliphatic heterocycles. The highest BCUT2D eigenvalue weighted by Gasteiger charge is 2.22. The monoisotopic (exact) mass is 378 g/mol. The van der Waals surface area contributed by atoms with Crippen molar-refractivity contribution in [3.63, 3.8) is 0 Å². The van der Waals surface area contributed by atoms with Gasteiger partial charge < -0.3 is 9.47 Å². The molecule has 0 amide bonds. The van der Waals surface area contributed by atoms with E-state index >= 15 is 0 Å². The predicted molar refractivity (Wildman–Crippen MR) is 116 cm³/mol. The maximum absolute atomic E-state index is 12.6. The Labute approximate surface area is 168 Å². The number of carbonyl (C=O) groups is 1. The third kappa shape index (κ3) is 3.07. The lowest BCUT2D eigenvalue weighted by atomic mass is 9.95. The van der Waals surface area contributed by atoms with Crippen LogP contribution in [-0.4, -0.2) is 13.1 Å². The molecule has 3 nitrogen and oxygen atoms in total. The summed E-state index contributed by atoms with van der Waals surface area (Å²) in [6.45, 7) is 0. The zero-order valence-corrected chi connectivity index (χ0v) is 15.9. The summed E-state index contributed by atoms with van der Waals surface area (Å²) in [5.41, 5.74) is 2.40. The number of cyclic esters (lactones) is 1. The SMILES string of the molecule is COc1ccc(C2=C/C(=C\c3c4ccccc4cc4ccccc34)C(=O)O2)cc1. The van der Waals surface area contributed by atoms with Gasteiger partial charge in [-0.25, -0.2) is 4.79 Å². The third-order valence-electron chi connectivity index (χ3n) is 5.21. The number of methoxy groups -OCH3 is 1. The minimum absolute atomic E-state index is 0.340. The van der Waals surface area contributed by atoms with Crippen LogP contribution in [0, 0.1) is 0 Å². The van der Waals surface area contributed by atoms with Crippen LogP contribution in [0.5, 0.6) is 5.75 Å². The summed E-state index contributed by atoms with van der Waals surface area (Å²) >= 11 is 0. The molecule has 0 atom stereocenters. The number of esters is 1. The first-order valence-electron chi connectivity index (χ1n) is 9.43. The molecule has 0 N–H and O–H groups in total. The van der Waals surface area contributed by atoms with E-state index in [1.807, 2.05) is 54.6 Å². The van der Waals surface area contributed by atoms with Crippen LogP contribution in [0.4, 0.5) is 0 Å². The number of carbonyl (C=O) groups excluding carboxylic acids is 1. The molecule has 0 spiro atoms. The molecule has 0 aromatic heterocycles. The van der Waals surface area contributed by atoms with Gasteiger partial charge in [-0.1, -0.05) is 48.5 Å². The minimum Gasteiger partial charge on any atom is -0.497 e. The van der Waals surface area contributed by atoms with Crippen molar-refractivity contribution in [2.24, 2.45) is 0 Å². The Morgan fingerprint density at radius 1 is 0.828 bits per heavy atom. The summed E-state index contributed by atoms with van der Waals surface area (Å²) in [6.07, 6.45) is 3.74. The van der Waals surface area contributed by atoms with Crippen molar-refractivity contribution in [3.8, 4) is 5.75 Å². The molecule has 5 rings (SSSR count). The van der Waals surface area contributed by atoms with E-state index in [1.54, 1.807) is 13.2 Å². The lowest BCUT2D eigenvalue weighted by Crippen LogP contribution is -1.97. The molecule has 0 fully saturated rings. The van der Waals surface area contributed by atoms with Crippen molar-refractivity contribution in [3.05, 3.63) is 102 Å². The second-order valence-electron chi connectivity index (χ2n) is 6.96. The molecule has 0 aliphatic carbocycles. The molecule has 3 heteroatoms. The lowest BCUT2D eigenvalue weighted by Gasteiger charge is -2.08. The van der Waals surface area contributed by atoms with Crippen LogP contribution in [0.3, 0.4) is 0 Å². The first-order valence-corrected chi connectivity index (χ1v) is 9.43. The Hall–Kier alpha value is -3.85. The van der Waals surface area contributed by atoms with Crippen molar-refractivity contribution in [2.75, 3.05) is 7.11 Å². The van der Waals surface area contributed by atoms with Crippen molar-refractivity contribution in [1.82, 2.24) is 0 Å². The molecule has 0 saturated carbocycles. The fourth-order valence-corrected chi connectivity index (χ4v) is 3.75. The standard InChI is InChI=1S/C26H18O3/c1-28-21-12-10-17(11-13-21)25-16-20(26(27)29-25)15-24-22-8-4-2-6-18(22)14-19-7-3-5-9-23(19)24/h2-16H,1H3/b20-15+. The Bertz CT molecular complexity index is 1260. The highest BCUT2D eigenvalue weighted by molar-refractivity contribution is 6.12. The number of rotatable bonds is 3. The Morgan fingerprint density at radius 3 is 2.07 bits per heavy atom. The van der Waals surface area contributed by atoms with Crippen LogP contribution in [-0.2, 0) is 9.53 Å². The smallest absolute Gasteiger partial charge is 0.343 e. The van der Waals surface area contributed by atoms with E-state index in [9.17, 15) is 4.79 Å². The van der Waals surface area contributed by atoms with Crippen molar-refractivity contribution < 1.29 is 14.3 Å². The van der Waals surface area contributed by atoms with Gasteiger partial charge in [0.1, 0.15) is 11.5 Å². The van der Waals surface area contributed by atoms with Gasteiger partial charge in [-0.05, 0) is 69.6 Å². The van der Waals surface area contributed by atoms with Gasteiger partial charge in [-0.2, -0.15) is 0 Å². The van der Waals surface area contributed by atoms with Gasteiger partial charge in [0.05, 0.1) is 12.7 Å². The number of ether oxygens (including phenoxy) is 2. The van der Waals surface area contributed by atoms with Gasteiger partial charge >= 0.3 is 5.97 Å². The molecule has 29 heavy (non-hydrogen) atoms. The van der Waals surface area contributed by atoms with Crippen LogP contribution >= 0.6 is 0 Å². The second-order valence-corrected chi connectivity index (χ2v) is 6.96. The van der Waals surface area contributed by atoms with E-state index in [0.717, 1.165) is 38.4 Å². The Morgan fingerprint density at radius 2 is 1.45 bits per heavy atom. The largest absolute Gasteiger partial charge is 0.497 e. The summed E-state index contributed by atoms with van der Waals surface area (Å²) in [7, 11) is 1.62. The Kier molecular flexibility index (Phi) is 4.14. The summed E-state index contributed by atoms with van der Waals surface area (Å²) in [4.78, 5) is 12.6. The summed E-state index contributed by atoms with van der Waals surface area (Å²) < 4.78 is 10.7. The van der Waals surface area contributed by atoms with Gasteiger partial charge in [0.2, 0.25) is 0 Å². The highest BCUT2D eigenvalue weighted by atomic mass is 16.5. The summed E-state index contributed by atoms with van der Waals surface area (Å²) in [5, 5.41) is 4.50. The number of fused-ring (bicyclic) bond motifs is 2. The highest BCUT2D eigenvalue weighted by Crippen LogP contribution is 2.33. The first-order chi connectivity index (χ1) is 14.2. The van der Waals surface area contributed by atoms with Crippen molar-refractivity contribution in [1.29, 1.82) is 0 Å². The molecular formula is C26H18O3. The maximum atomic E-state index is 12.6. The molecule has 0 saturated heterocycles. The topological polar surface area (TPSA) is 35.5 Å². The van der Waals surface area contributed by atoms with E-state index in [4.69, 9.17) is 9.47 Å². The van der Waals surface area contributed by atoms with E-state index in [2.05, 4.69) is 30.3 Å². The maximum Gasteiger partial charge on any atom is 0.343 e. The first kappa shape index (κ1) is 17.3. The summed E-state index contributed by atoms with van der Waals surface area (Å²) in [5.74, 6) is 0.970. The average Bonchev–Trinajstić information content (AvgIpc) is 3.14. The quantitative estimate of drug-likeness (QED) is 0.250. The number of hydrogen-bond acceptors (Lipinski definition) is 3. The number of hydrogen-bond donors (Lipinski definition) is 0. The molecule has 0 unspecified atom stereocenters. The van der Waals surface area contributed by atoms with E-state index in [-0.39, 0.29) is 5.97 Å². The molecule has 140 valence electrons. The minimum atomic E-state index is -0.340. The average molecular weight is 378 g/mol. The van der Waals surface area contributed by atoms with Crippen LogP contribution in [0.2, 0.25) is 0 Å². The third-order valence-corrected chi connectivity index (χ3v) is 5.21. The molecule has 0 radical (unpaired) electrons. The summed E-state index contributed by atoms with van der Waals surface area (Å²) in [6, 6.07) is 26.1. The normalized spacial score (nSPS) is 15.0. The van der Waals surface area contributed by atoms with Crippen LogP contribution in [0.25, 0.3) is 33.4 Å². The Balaban J connectivity index is 1.66. The number of benzene rings is 4. The van der Waals surface area contributed by atoms with Crippen LogP contribution in [0.1, 0.15) is 11.1 Å². The second kappa shape index (κ2) is 6.95. The lowest BCUT2D eigenvalue weighted by molar-refractivity contribution is -0.130. The fourth-order valence-electron chi connectivity index (χ4n) is 3.75. The van der Waals surface area contributed by atoms with E-state index in [0.29, 0.717) is 11.3 Å². The molecule has 4 aromatic rings. The molecule has 1 heterocycles. The predicted octanol–water partition coefficient (Wildman–Crippen LogP) is 5.98. The zero-order chi connectivity index (χ0) is 19.8. The molecule has 1 aliphatic rings. The van der Waals surface area contributed by atoms with Crippen LogP contribution in [0.15, 0.2) is 90.5 Å². The van der Waals surface area contributed by atoms with Crippen molar-refractivity contribution in [2.45, 2.75) is 0 Å². The van der Waals surface area contributed by atoms with Gasteiger partial charge in [-0.15, -0.1) is 0 Å².